The fourth-order valence-corrected chi connectivity index (χ4v) is 1.60. The van der Waals surface area contributed by atoms with E-state index in [2.05, 4.69) is 15.2 Å². The van der Waals surface area contributed by atoms with Crippen LogP contribution in [0.2, 0.25) is 0 Å². The molecule has 0 atom stereocenters. The summed E-state index contributed by atoms with van der Waals surface area (Å²) < 4.78 is 9.94. The second-order valence-electron chi connectivity index (χ2n) is 4.94. The highest BCUT2D eigenvalue weighted by molar-refractivity contribution is 5.89. The molecule has 0 aliphatic carbocycles. The van der Waals surface area contributed by atoms with Crippen LogP contribution in [-0.4, -0.2) is 28.5 Å². The smallest absolute Gasteiger partial charge is 0.369 e. The molecule has 0 spiro atoms. The fourth-order valence-electron chi connectivity index (χ4n) is 1.60. The molecule has 0 bridgehead atoms. The van der Waals surface area contributed by atoms with Crippen molar-refractivity contribution < 1.29 is 29.1 Å². The first kappa shape index (κ1) is 16.8. The van der Waals surface area contributed by atoms with Gasteiger partial charge in [0.05, 0.1) is 6.61 Å². The maximum absolute atomic E-state index is 11.7. The van der Waals surface area contributed by atoms with Gasteiger partial charge in [0.25, 0.3) is 11.5 Å². The minimum absolute atomic E-state index is 0.239. The number of rotatable bonds is 6. The van der Waals surface area contributed by atoms with E-state index >= 15 is 0 Å². The van der Waals surface area contributed by atoms with Crippen LogP contribution in [0.1, 0.15) is 26.3 Å². The number of aliphatic hydroxyl groups excluding tert-OH is 1. The van der Waals surface area contributed by atoms with Crippen molar-refractivity contribution in [2.24, 2.45) is 10.2 Å². The molecule has 9 heteroatoms. The Morgan fingerprint density at radius 1 is 1.26 bits per heavy atom. The number of ether oxygens (including phenoxy) is 2. The van der Waals surface area contributed by atoms with Crippen LogP contribution >= 0.6 is 0 Å². The Bertz CT molecular complexity index is 624. The Labute approximate surface area is 132 Å². The van der Waals surface area contributed by atoms with Crippen LogP contribution in [0.5, 0.6) is 0 Å². The quantitative estimate of drug-likeness (QED) is 0.281. The molecule has 2 heterocycles. The van der Waals surface area contributed by atoms with Crippen LogP contribution in [0.15, 0.2) is 40.2 Å². The molecule has 1 aliphatic rings. The predicted molar refractivity (Wildman–Crippen MR) is 76.1 cm³/mol. The molecule has 0 saturated heterocycles. The van der Waals surface area contributed by atoms with E-state index in [0.717, 1.165) is 5.56 Å². The van der Waals surface area contributed by atoms with Gasteiger partial charge in [-0.15, -0.1) is 10.2 Å². The lowest BCUT2D eigenvalue weighted by Gasteiger charge is -2.28. The zero-order valence-electron chi connectivity index (χ0n) is 13.0. The van der Waals surface area contributed by atoms with Crippen LogP contribution < -0.4 is 0 Å². The second kappa shape index (κ2) is 7.16. The number of hydrogen-bond donors (Lipinski definition) is 1. The van der Waals surface area contributed by atoms with Crippen molar-refractivity contribution >= 4 is 11.8 Å². The lowest BCUT2D eigenvalue weighted by Crippen LogP contribution is -2.36. The fraction of sp³-hybridized carbons (Fsp3) is 0.429. The molecule has 0 saturated carbocycles. The molecule has 23 heavy (non-hydrogen) atoms. The highest BCUT2D eigenvalue weighted by Gasteiger charge is 2.36. The summed E-state index contributed by atoms with van der Waals surface area (Å²) in [5.74, 6) is -2.48. The van der Waals surface area contributed by atoms with Crippen LogP contribution in [0, 0.1) is 0 Å². The third-order valence-corrected chi connectivity index (χ3v) is 2.57. The molecular formula is C14H17N3O6. The zero-order chi connectivity index (χ0) is 16.9. The summed E-state index contributed by atoms with van der Waals surface area (Å²) >= 11 is 0. The normalized spacial score (nSPS) is 17.3. The molecule has 1 aromatic rings. The van der Waals surface area contributed by atoms with Crippen molar-refractivity contribution in [3.63, 3.8) is 0 Å². The van der Waals surface area contributed by atoms with Gasteiger partial charge in [0.1, 0.15) is 6.61 Å². The summed E-state index contributed by atoms with van der Waals surface area (Å²) in [5, 5.41) is 17.1. The molecule has 9 nitrogen and oxygen atoms in total. The summed E-state index contributed by atoms with van der Waals surface area (Å²) in [6, 6.07) is 3.29. The standard InChI is InChI=1S/C14H17N3O6/c1-4-20-21-8-9-5-6-10(15-7-9)16-17-11-12(18)22-14(2,3)23-13(11)19/h5-7,18H,4,8H2,1-3H3. The third kappa shape index (κ3) is 4.73. The van der Waals surface area contributed by atoms with Gasteiger partial charge in [-0.2, -0.15) is 0 Å². The Kier molecular flexibility index (Phi) is 5.24. The van der Waals surface area contributed by atoms with E-state index < -0.39 is 23.4 Å². The third-order valence-electron chi connectivity index (χ3n) is 2.57. The Morgan fingerprint density at radius 2 is 2.04 bits per heavy atom. The SMILES string of the molecule is CCOOCc1ccc(N=NC2=C(O)OC(C)(C)OC2=O)nc1. The molecule has 0 amide bonds. The van der Waals surface area contributed by atoms with Crippen LogP contribution in [-0.2, 0) is 30.7 Å². The topological polar surface area (TPSA) is 112 Å². The lowest BCUT2D eigenvalue weighted by molar-refractivity contribution is -0.300. The number of esters is 1. The number of nitrogens with zero attached hydrogens (tertiary/aromatic N) is 3. The first-order valence-electron chi connectivity index (χ1n) is 6.88. The van der Waals surface area contributed by atoms with Gasteiger partial charge in [0.15, 0.2) is 5.82 Å². The molecule has 1 N–H and O–H groups in total. The van der Waals surface area contributed by atoms with Crippen LogP contribution in [0.4, 0.5) is 5.82 Å². The predicted octanol–water partition coefficient (Wildman–Crippen LogP) is 2.67. The molecule has 1 aromatic heterocycles. The first-order chi connectivity index (χ1) is 10.9. The highest BCUT2D eigenvalue weighted by Crippen LogP contribution is 2.26. The number of aromatic nitrogens is 1. The summed E-state index contributed by atoms with van der Waals surface area (Å²) in [6.45, 7) is 5.49. The van der Waals surface area contributed by atoms with E-state index in [1.807, 2.05) is 6.92 Å². The minimum atomic E-state index is -1.25. The van der Waals surface area contributed by atoms with Gasteiger partial charge in [-0.05, 0) is 18.6 Å². The van der Waals surface area contributed by atoms with Crippen molar-refractivity contribution in [3.05, 3.63) is 35.5 Å². The lowest BCUT2D eigenvalue weighted by atomic mass is 10.3. The molecule has 0 aromatic carbocycles. The van der Waals surface area contributed by atoms with Crippen LogP contribution in [0.25, 0.3) is 0 Å². The van der Waals surface area contributed by atoms with E-state index in [4.69, 9.17) is 19.2 Å². The molecule has 0 fully saturated rings. The molecular weight excluding hydrogens is 306 g/mol. The molecule has 1 aliphatic heterocycles. The largest absolute Gasteiger partial charge is 0.479 e. The number of aliphatic hydroxyl groups is 1. The van der Waals surface area contributed by atoms with Gasteiger partial charge in [0, 0.05) is 20.0 Å². The van der Waals surface area contributed by atoms with Gasteiger partial charge in [0.2, 0.25) is 0 Å². The highest BCUT2D eigenvalue weighted by atomic mass is 17.2. The van der Waals surface area contributed by atoms with Gasteiger partial charge < -0.3 is 14.6 Å². The number of cyclic esters (lactones) is 1. The average molecular weight is 323 g/mol. The average Bonchev–Trinajstić information content (AvgIpc) is 2.47. The molecule has 0 unspecified atom stereocenters. The van der Waals surface area contributed by atoms with E-state index in [1.165, 1.54) is 20.0 Å². The number of carbonyl (C=O) groups is 1. The molecule has 2 rings (SSSR count). The first-order valence-corrected chi connectivity index (χ1v) is 6.88. The number of pyridine rings is 1. The Balaban J connectivity index is 2.04. The van der Waals surface area contributed by atoms with E-state index in [0.29, 0.717) is 6.61 Å². The van der Waals surface area contributed by atoms with E-state index in [9.17, 15) is 9.90 Å². The van der Waals surface area contributed by atoms with Gasteiger partial charge in [-0.25, -0.2) is 19.6 Å². The summed E-state index contributed by atoms with van der Waals surface area (Å²) in [5.41, 5.74) is 0.358. The number of hydrogen-bond acceptors (Lipinski definition) is 9. The van der Waals surface area contributed by atoms with Crippen molar-refractivity contribution in [1.29, 1.82) is 0 Å². The summed E-state index contributed by atoms with van der Waals surface area (Å²) in [4.78, 5) is 25.4. The second-order valence-corrected chi connectivity index (χ2v) is 4.94. The molecule has 0 radical (unpaired) electrons. The van der Waals surface area contributed by atoms with Crippen molar-refractivity contribution in [2.75, 3.05) is 6.61 Å². The van der Waals surface area contributed by atoms with Gasteiger partial charge in [-0.3, -0.25) is 0 Å². The summed E-state index contributed by atoms with van der Waals surface area (Å²) in [7, 11) is 0. The van der Waals surface area contributed by atoms with E-state index in [-0.39, 0.29) is 12.4 Å². The Hall–Kier alpha value is -2.52. The number of azo groups is 1. The minimum Gasteiger partial charge on any atom is -0.479 e. The van der Waals surface area contributed by atoms with Crippen molar-refractivity contribution in [1.82, 2.24) is 4.98 Å². The monoisotopic (exact) mass is 323 g/mol. The Morgan fingerprint density at radius 3 is 2.65 bits per heavy atom. The van der Waals surface area contributed by atoms with Crippen molar-refractivity contribution in [3.8, 4) is 0 Å². The van der Waals surface area contributed by atoms with E-state index in [1.54, 1.807) is 12.1 Å². The maximum Gasteiger partial charge on any atom is 0.369 e. The van der Waals surface area contributed by atoms with Gasteiger partial charge in [-0.1, -0.05) is 6.07 Å². The van der Waals surface area contributed by atoms with Crippen LogP contribution in [0.3, 0.4) is 0 Å². The maximum atomic E-state index is 11.7. The van der Waals surface area contributed by atoms with Crippen molar-refractivity contribution in [2.45, 2.75) is 33.2 Å². The molecule has 124 valence electrons. The number of carbonyl (C=O) groups excluding carboxylic acids is 1. The van der Waals surface area contributed by atoms with Gasteiger partial charge >= 0.3 is 11.9 Å². The zero-order valence-corrected chi connectivity index (χ0v) is 13.0. The summed E-state index contributed by atoms with van der Waals surface area (Å²) in [6.07, 6.45) is 1.53.